The topological polar surface area (TPSA) is 38.3 Å². The van der Waals surface area contributed by atoms with Gasteiger partial charge in [0.1, 0.15) is 0 Å². The summed E-state index contributed by atoms with van der Waals surface area (Å²) >= 11 is 0. The summed E-state index contributed by atoms with van der Waals surface area (Å²) in [7, 11) is 3.42. The molecule has 14 heavy (non-hydrogen) atoms. The van der Waals surface area contributed by atoms with E-state index in [0.29, 0.717) is 6.42 Å². The van der Waals surface area contributed by atoms with Crippen molar-refractivity contribution in [3.05, 3.63) is 0 Å². The van der Waals surface area contributed by atoms with Gasteiger partial charge in [0.15, 0.2) is 0 Å². The van der Waals surface area contributed by atoms with Crippen LogP contribution < -0.4 is 5.32 Å². The maximum Gasteiger partial charge on any atom is 0.305 e. The first-order valence-electron chi connectivity index (χ1n) is 5.46. The van der Waals surface area contributed by atoms with Gasteiger partial charge in [-0.15, -0.1) is 0 Å². The zero-order valence-corrected chi connectivity index (χ0v) is 9.64. The molecule has 0 aromatic heterocycles. The van der Waals surface area contributed by atoms with E-state index in [4.69, 9.17) is 0 Å². The molecule has 1 N–H and O–H groups in total. The van der Waals surface area contributed by atoms with Crippen molar-refractivity contribution in [1.29, 1.82) is 0 Å². The first-order valence-corrected chi connectivity index (χ1v) is 5.46. The molecule has 0 aromatic rings. The highest BCUT2D eigenvalue weighted by Crippen LogP contribution is 2.15. The first kappa shape index (κ1) is 13.4. The minimum atomic E-state index is -0.0894. The van der Waals surface area contributed by atoms with Gasteiger partial charge < -0.3 is 10.1 Å². The molecule has 1 atom stereocenters. The van der Waals surface area contributed by atoms with E-state index >= 15 is 0 Å². The monoisotopic (exact) mass is 203 g/mol. The summed E-state index contributed by atoms with van der Waals surface area (Å²) in [6, 6.07) is 0. The average Bonchev–Trinajstić information content (AvgIpc) is 2.22. The molecule has 0 aromatic carbocycles. The average molecular weight is 203 g/mol. The lowest BCUT2D eigenvalue weighted by Gasteiger charge is -2.13. The summed E-state index contributed by atoms with van der Waals surface area (Å²) in [5.74, 6) is 0.653. The number of carbonyl (C=O) groups excluding carboxylic acids is 1. The van der Waals surface area contributed by atoms with Gasteiger partial charge in [-0.3, -0.25) is 4.79 Å². The predicted octanol–water partition coefficient (Wildman–Crippen LogP) is 2.21. The van der Waals surface area contributed by atoms with Gasteiger partial charge in [0, 0.05) is 7.85 Å². The maximum absolute atomic E-state index is 10.9. The molecule has 0 amide bonds. The third-order valence-electron chi connectivity index (χ3n) is 2.60. The zero-order chi connectivity index (χ0) is 10.8. The van der Waals surface area contributed by atoms with Crippen molar-refractivity contribution >= 4 is 5.97 Å². The molecule has 0 radical (unpaired) electrons. The van der Waals surface area contributed by atoms with E-state index in [1.165, 1.54) is 20.0 Å². The van der Waals surface area contributed by atoms with Crippen LogP contribution in [0.5, 0.6) is 0 Å². The Labute approximate surface area is 88.7 Å². The van der Waals surface area contributed by atoms with Crippen LogP contribution in [0.1, 0.15) is 40.5 Å². The summed E-state index contributed by atoms with van der Waals surface area (Å²) in [5.41, 5.74) is 0. The summed E-state index contributed by atoms with van der Waals surface area (Å²) in [6.45, 7) is 3.27. The molecule has 0 aliphatic rings. The fraction of sp³-hybridized carbons (Fsp3) is 0.909. The molecule has 0 saturated carbocycles. The second-order valence-electron chi connectivity index (χ2n) is 3.63. The molecular formula is C11H25NO2. The van der Waals surface area contributed by atoms with Crippen LogP contribution in [-0.2, 0) is 9.53 Å². The molecule has 3 nitrogen and oxygen atoms in total. The largest absolute Gasteiger partial charge is 0.469 e. The number of nitrogens with one attached hydrogen (secondary N) is 1. The number of methoxy groups -OCH3 is 1. The molecule has 3 heteroatoms. The zero-order valence-electron chi connectivity index (χ0n) is 9.64. The number of carbonyl (C=O) groups is 1. The Kier molecular flexibility index (Phi) is 8.64. The minimum absolute atomic E-state index is 0. The minimum Gasteiger partial charge on any atom is -0.469 e. The molecule has 0 aliphatic heterocycles. The molecule has 0 rings (SSSR count). The quantitative estimate of drug-likeness (QED) is 0.615. The number of hydrogen-bond donors (Lipinski definition) is 1. The molecular weight excluding hydrogens is 178 g/mol. The van der Waals surface area contributed by atoms with Gasteiger partial charge in [-0.25, -0.2) is 0 Å². The van der Waals surface area contributed by atoms with Crippen LogP contribution in [-0.4, -0.2) is 26.7 Å². The van der Waals surface area contributed by atoms with E-state index < -0.39 is 0 Å². The molecule has 0 fully saturated rings. The smallest absolute Gasteiger partial charge is 0.305 e. The van der Waals surface area contributed by atoms with Crippen molar-refractivity contribution < 1.29 is 11.0 Å². The Balaban J connectivity index is 0. The Morgan fingerprint density at radius 3 is 2.71 bits per heavy atom. The summed E-state index contributed by atoms with van der Waals surface area (Å²) in [6.07, 6.45) is 5.05. The van der Waals surface area contributed by atoms with Crippen LogP contribution in [0.4, 0.5) is 0 Å². The van der Waals surface area contributed by atoms with Crippen LogP contribution in [0.3, 0.4) is 0 Å². The van der Waals surface area contributed by atoms with Gasteiger partial charge in [-0.1, -0.05) is 13.3 Å². The van der Waals surface area contributed by atoms with Gasteiger partial charge in [-0.05, 0) is 38.8 Å². The summed E-state index contributed by atoms with van der Waals surface area (Å²) < 4.78 is 4.60. The van der Waals surface area contributed by atoms with E-state index in [0.717, 1.165) is 25.3 Å². The van der Waals surface area contributed by atoms with Crippen molar-refractivity contribution in [2.75, 3.05) is 20.7 Å². The summed E-state index contributed by atoms with van der Waals surface area (Å²) in [5, 5.41) is 3.15. The lowest BCUT2D eigenvalue weighted by Crippen LogP contribution is -2.13. The SMILES string of the molecule is CCC(CCCC(=O)OC)CCNC.[HH]. The Hall–Kier alpha value is -0.570. The van der Waals surface area contributed by atoms with Crippen molar-refractivity contribution in [2.24, 2.45) is 5.92 Å². The fourth-order valence-electron chi connectivity index (χ4n) is 1.54. The van der Waals surface area contributed by atoms with Gasteiger partial charge in [0.05, 0.1) is 7.11 Å². The van der Waals surface area contributed by atoms with Crippen LogP contribution in [0.15, 0.2) is 0 Å². The van der Waals surface area contributed by atoms with Crippen molar-refractivity contribution in [1.82, 2.24) is 5.32 Å². The Bertz CT molecular complexity index is 154. The van der Waals surface area contributed by atoms with Gasteiger partial charge in [-0.2, -0.15) is 0 Å². The number of hydrogen-bond acceptors (Lipinski definition) is 3. The van der Waals surface area contributed by atoms with E-state index in [2.05, 4.69) is 17.0 Å². The van der Waals surface area contributed by atoms with Crippen LogP contribution in [0.2, 0.25) is 0 Å². The molecule has 1 unspecified atom stereocenters. The standard InChI is InChI=1S/C11H23NO2.H2/c1-4-10(8-9-12-2)6-5-7-11(13)14-3;/h10,12H,4-9H2,1-3H3;1H. The third kappa shape index (κ3) is 6.89. The van der Waals surface area contributed by atoms with Gasteiger partial charge >= 0.3 is 5.97 Å². The predicted molar refractivity (Wildman–Crippen MR) is 60.3 cm³/mol. The number of esters is 1. The highest BCUT2D eigenvalue weighted by molar-refractivity contribution is 5.68. The second-order valence-corrected chi connectivity index (χ2v) is 3.63. The molecule has 0 heterocycles. The van der Waals surface area contributed by atoms with E-state index in [9.17, 15) is 4.79 Å². The van der Waals surface area contributed by atoms with Crippen molar-refractivity contribution in [3.8, 4) is 0 Å². The van der Waals surface area contributed by atoms with Crippen LogP contribution in [0, 0.1) is 5.92 Å². The highest BCUT2D eigenvalue weighted by atomic mass is 16.5. The second kappa shape index (κ2) is 9.00. The number of ether oxygens (including phenoxy) is 1. The lowest BCUT2D eigenvalue weighted by molar-refractivity contribution is -0.140. The molecule has 86 valence electrons. The normalized spacial score (nSPS) is 12.5. The van der Waals surface area contributed by atoms with Crippen molar-refractivity contribution in [2.45, 2.75) is 39.0 Å². The lowest BCUT2D eigenvalue weighted by atomic mass is 9.96. The van der Waals surface area contributed by atoms with E-state index in [-0.39, 0.29) is 7.40 Å². The highest BCUT2D eigenvalue weighted by Gasteiger charge is 2.07. The molecule has 0 saturated heterocycles. The number of rotatable bonds is 8. The van der Waals surface area contributed by atoms with E-state index in [1.807, 2.05) is 7.05 Å². The third-order valence-corrected chi connectivity index (χ3v) is 2.60. The molecule has 0 bridgehead atoms. The van der Waals surface area contributed by atoms with Crippen LogP contribution in [0.25, 0.3) is 0 Å². The van der Waals surface area contributed by atoms with Crippen LogP contribution >= 0.6 is 0 Å². The maximum atomic E-state index is 10.9. The molecule has 0 aliphatic carbocycles. The Morgan fingerprint density at radius 1 is 1.50 bits per heavy atom. The summed E-state index contributed by atoms with van der Waals surface area (Å²) in [4.78, 5) is 10.9. The van der Waals surface area contributed by atoms with E-state index in [1.54, 1.807) is 0 Å². The van der Waals surface area contributed by atoms with Crippen molar-refractivity contribution in [3.63, 3.8) is 0 Å². The Morgan fingerprint density at radius 2 is 2.21 bits per heavy atom. The fourth-order valence-corrected chi connectivity index (χ4v) is 1.54. The molecule has 0 spiro atoms. The van der Waals surface area contributed by atoms with Gasteiger partial charge in [0.2, 0.25) is 0 Å². The first-order chi connectivity index (χ1) is 6.74. The van der Waals surface area contributed by atoms with Gasteiger partial charge in [0.25, 0.3) is 0 Å².